The van der Waals surface area contributed by atoms with E-state index in [0.717, 1.165) is 47.6 Å². The fraction of sp³-hybridized carbons (Fsp3) is 0.346. The lowest BCUT2D eigenvalue weighted by Gasteiger charge is -2.36. The lowest BCUT2D eigenvalue weighted by molar-refractivity contribution is -0.141. The molecule has 1 N–H and O–H groups in total. The maximum absolute atomic E-state index is 12.0. The Kier molecular flexibility index (Phi) is 6.66. The second kappa shape index (κ2) is 10.2. The van der Waals surface area contributed by atoms with Crippen molar-refractivity contribution in [3.63, 3.8) is 0 Å². The molecule has 0 spiro atoms. The highest BCUT2D eigenvalue weighted by molar-refractivity contribution is 6.01. The predicted molar refractivity (Wildman–Crippen MR) is 136 cm³/mol. The molecule has 0 amide bonds. The number of hydrogen-bond donors (Lipinski definition) is 1. The van der Waals surface area contributed by atoms with E-state index in [9.17, 15) is 4.79 Å². The molecule has 1 aromatic heterocycles. The van der Waals surface area contributed by atoms with Gasteiger partial charge in [-0.05, 0) is 28.3 Å². The zero-order valence-electron chi connectivity index (χ0n) is 20.8. The molecule has 36 heavy (non-hydrogen) atoms. The molecule has 3 aromatic rings. The van der Waals surface area contributed by atoms with Gasteiger partial charge in [0, 0.05) is 25.4 Å². The number of tetrazole rings is 1. The first kappa shape index (κ1) is 23.5. The second-order valence-corrected chi connectivity index (χ2v) is 9.01. The summed E-state index contributed by atoms with van der Waals surface area (Å²) >= 11 is 0. The molecule has 0 fully saturated rings. The summed E-state index contributed by atoms with van der Waals surface area (Å²) in [5, 5.41) is 14.5. The van der Waals surface area contributed by atoms with Crippen LogP contribution in [-0.4, -0.2) is 80.7 Å². The van der Waals surface area contributed by atoms with Crippen molar-refractivity contribution in [3.8, 4) is 22.5 Å². The van der Waals surface area contributed by atoms with Gasteiger partial charge in [-0.2, -0.15) is 5.21 Å². The van der Waals surface area contributed by atoms with Gasteiger partial charge in [-0.3, -0.25) is 4.79 Å². The van der Waals surface area contributed by atoms with Crippen LogP contribution in [0, 0.1) is 0 Å². The standard InChI is InChI=1S/C26H30N8O2/c1-4-7-23-27-26-22(15-32(2)17-33(26)16-24(35)36-3)34(23)14-18-10-12-19(13-11-18)20-8-5-6-9-21(20)25-28-30-31-29-25/h5-6,8-13,15,23H,4,7,14,16-17H2,1-3H3,(H,28,29,30,31). The number of aliphatic imine (C=N–C) groups is 1. The van der Waals surface area contributed by atoms with Crippen LogP contribution >= 0.6 is 0 Å². The van der Waals surface area contributed by atoms with Crippen molar-refractivity contribution >= 4 is 11.8 Å². The number of nitrogens with zero attached hydrogens (tertiary/aromatic N) is 7. The van der Waals surface area contributed by atoms with Gasteiger partial charge in [0.2, 0.25) is 5.82 Å². The number of amidine groups is 1. The van der Waals surface area contributed by atoms with Crippen LogP contribution in [0.15, 0.2) is 65.4 Å². The zero-order chi connectivity index (χ0) is 25.1. The Balaban J connectivity index is 1.39. The molecule has 2 aliphatic heterocycles. The van der Waals surface area contributed by atoms with Gasteiger partial charge in [-0.1, -0.05) is 61.9 Å². The van der Waals surface area contributed by atoms with E-state index in [-0.39, 0.29) is 18.7 Å². The minimum absolute atomic E-state index is 0.0292. The third-order valence-corrected chi connectivity index (χ3v) is 6.43. The summed E-state index contributed by atoms with van der Waals surface area (Å²) in [6, 6.07) is 16.6. The van der Waals surface area contributed by atoms with Gasteiger partial charge in [0.1, 0.15) is 12.7 Å². The average molecular weight is 487 g/mol. The number of carbonyl (C=O) groups is 1. The number of methoxy groups -OCH3 is 1. The van der Waals surface area contributed by atoms with Gasteiger partial charge < -0.3 is 19.4 Å². The summed E-state index contributed by atoms with van der Waals surface area (Å²) in [4.78, 5) is 23.5. The number of carbonyl (C=O) groups excluding carboxylic acids is 1. The van der Waals surface area contributed by atoms with Crippen LogP contribution in [0.3, 0.4) is 0 Å². The predicted octanol–water partition coefficient (Wildman–Crippen LogP) is 3.09. The summed E-state index contributed by atoms with van der Waals surface area (Å²) in [6.45, 7) is 3.66. The minimum Gasteiger partial charge on any atom is -0.468 e. The summed E-state index contributed by atoms with van der Waals surface area (Å²) in [6.07, 6.45) is 4.11. The van der Waals surface area contributed by atoms with E-state index < -0.39 is 0 Å². The molecule has 0 radical (unpaired) electrons. The van der Waals surface area contributed by atoms with E-state index in [1.54, 1.807) is 0 Å². The summed E-state index contributed by atoms with van der Waals surface area (Å²) in [5.41, 5.74) is 5.29. The quantitative estimate of drug-likeness (QED) is 0.485. The van der Waals surface area contributed by atoms with Crippen molar-refractivity contribution < 1.29 is 9.53 Å². The van der Waals surface area contributed by atoms with Crippen molar-refractivity contribution in [2.24, 2.45) is 4.99 Å². The van der Waals surface area contributed by atoms with E-state index in [1.807, 2.05) is 30.1 Å². The van der Waals surface area contributed by atoms with Gasteiger partial charge in [-0.25, -0.2) is 4.99 Å². The number of fused-ring (bicyclic) bond motifs is 1. The van der Waals surface area contributed by atoms with Gasteiger partial charge >= 0.3 is 5.97 Å². The van der Waals surface area contributed by atoms with Crippen LogP contribution in [0.25, 0.3) is 22.5 Å². The van der Waals surface area contributed by atoms with Crippen LogP contribution in [0.4, 0.5) is 0 Å². The lowest BCUT2D eigenvalue weighted by atomic mass is 9.98. The topological polar surface area (TPSA) is 103 Å². The number of nitrogens with one attached hydrogen (secondary N) is 1. The summed E-state index contributed by atoms with van der Waals surface area (Å²) in [7, 11) is 3.43. The second-order valence-electron chi connectivity index (χ2n) is 9.01. The Morgan fingerprint density at radius 1 is 1.14 bits per heavy atom. The zero-order valence-corrected chi connectivity index (χ0v) is 20.8. The van der Waals surface area contributed by atoms with Gasteiger partial charge in [0.05, 0.1) is 19.5 Å². The number of hydrogen-bond acceptors (Lipinski definition) is 9. The van der Waals surface area contributed by atoms with Gasteiger partial charge in [-0.15, -0.1) is 10.2 Å². The van der Waals surface area contributed by atoms with Crippen molar-refractivity contribution in [2.45, 2.75) is 32.5 Å². The van der Waals surface area contributed by atoms with Crippen molar-refractivity contribution in [1.29, 1.82) is 0 Å². The Bertz CT molecular complexity index is 1270. The highest BCUT2D eigenvalue weighted by Crippen LogP contribution is 2.33. The minimum atomic E-state index is -0.269. The fourth-order valence-corrected chi connectivity index (χ4v) is 4.73. The first-order valence-electron chi connectivity index (χ1n) is 12.1. The molecule has 3 heterocycles. The molecule has 0 saturated carbocycles. The average Bonchev–Trinajstić information content (AvgIpc) is 3.54. The molecule has 1 atom stereocenters. The number of esters is 1. The van der Waals surface area contributed by atoms with E-state index in [2.05, 4.69) is 73.9 Å². The van der Waals surface area contributed by atoms with Crippen molar-refractivity contribution in [3.05, 3.63) is 66.0 Å². The first-order chi connectivity index (χ1) is 17.6. The lowest BCUT2D eigenvalue weighted by Crippen LogP contribution is -2.46. The number of rotatable bonds is 8. The summed E-state index contributed by atoms with van der Waals surface area (Å²) in [5.74, 6) is 1.17. The molecule has 1 unspecified atom stereocenters. The van der Waals surface area contributed by atoms with Crippen LogP contribution in [0.5, 0.6) is 0 Å². The van der Waals surface area contributed by atoms with Crippen molar-refractivity contribution in [2.75, 3.05) is 27.4 Å². The Labute approximate surface area is 210 Å². The van der Waals surface area contributed by atoms with Crippen LogP contribution < -0.4 is 0 Å². The number of aromatic nitrogens is 4. The molecule has 10 nitrogen and oxygen atoms in total. The van der Waals surface area contributed by atoms with Gasteiger partial charge in [0.15, 0.2) is 5.84 Å². The Morgan fingerprint density at radius 2 is 1.92 bits per heavy atom. The molecule has 0 bridgehead atoms. The largest absolute Gasteiger partial charge is 0.468 e. The monoisotopic (exact) mass is 486 g/mol. The third-order valence-electron chi connectivity index (χ3n) is 6.43. The maximum Gasteiger partial charge on any atom is 0.325 e. The van der Waals surface area contributed by atoms with Gasteiger partial charge in [0.25, 0.3) is 0 Å². The number of H-pyrrole nitrogens is 1. The van der Waals surface area contributed by atoms with E-state index in [1.165, 1.54) is 12.7 Å². The van der Waals surface area contributed by atoms with E-state index in [4.69, 9.17) is 9.73 Å². The third kappa shape index (κ3) is 4.66. The van der Waals surface area contributed by atoms with Crippen LogP contribution in [0.1, 0.15) is 25.3 Å². The molecular weight excluding hydrogens is 456 g/mol. The van der Waals surface area contributed by atoms with E-state index in [0.29, 0.717) is 12.5 Å². The highest BCUT2D eigenvalue weighted by Gasteiger charge is 2.36. The molecule has 186 valence electrons. The van der Waals surface area contributed by atoms with Crippen LogP contribution in [-0.2, 0) is 16.1 Å². The number of aromatic amines is 1. The van der Waals surface area contributed by atoms with Crippen LogP contribution in [0.2, 0.25) is 0 Å². The summed E-state index contributed by atoms with van der Waals surface area (Å²) < 4.78 is 4.91. The normalized spacial score (nSPS) is 17.1. The number of ether oxygens (including phenoxy) is 1. The molecule has 2 aliphatic rings. The molecule has 0 aliphatic carbocycles. The smallest absolute Gasteiger partial charge is 0.325 e. The molecular formula is C26H30N8O2. The fourth-order valence-electron chi connectivity index (χ4n) is 4.73. The van der Waals surface area contributed by atoms with E-state index >= 15 is 0 Å². The SMILES string of the molecule is CCCC1N=C2C(=CN(C)CN2CC(=O)OC)N1Cc1ccc(-c2ccccc2-c2nn[nH]n2)cc1. The number of benzene rings is 2. The molecule has 5 rings (SSSR count). The highest BCUT2D eigenvalue weighted by atomic mass is 16.5. The molecule has 0 saturated heterocycles. The molecule has 10 heteroatoms. The Hall–Kier alpha value is -4.21. The maximum atomic E-state index is 12.0. The van der Waals surface area contributed by atoms with Crippen molar-refractivity contribution in [1.82, 2.24) is 35.3 Å². The Morgan fingerprint density at radius 3 is 2.61 bits per heavy atom. The molecule has 2 aromatic carbocycles. The first-order valence-corrected chi connectivity index (χ1v) is 12.1.